The van der Waals surface area contributed by atoms with Crippen LogP contribution in [-0.4, -0.2) is 26.2 Å². The number of hydrogen-bond donors (Lipinski definition) is 2. The van der Waals surface area contributed by atoms with E-state index >= 15 is 0 Å². The van der Waals surface area contributed by atoms with Crippen LogP contribution in [0.4, 0.5) is 0 Å². The van der Waals surface area contributed by atoms with E-state index in [0.29, 0.717) is 34.1 Å². The average molecular weight is 397 g/mol. The fourth-order valence-electron chi connectivity index (χ4n) is 3.81. The van der Waals surface area contributed by atoms with Crippen LogP contribution in [0.3, 0.4) is 0 Å². The lowest BCUT2D eigenvalue weighted by Gasteiger charge is -2.19. The summed E-state index contributed by atoms with van der Waals surface area (Å²) in [5.74, 6) is 0.552. The Labute approximate surface area is 167 Å². The first-order chi connectivity index (χ1) is 13.5. The fraction of sp³-hybridized carbons (Fsp3) is 0.286. The number of amides is 1. The van der Waals surface area contributed by atoms with Crippen molar-refractivity contribution in [2.45, 2.75) is 32.2 Å². The Morgan fingerprint density at radius 1 is 1.29 bits per heavy atom. The minimum atomic E-state index is -0.444. The Balaban J connectivity index is 1.70. The number of rotatable bonds is 4. The maximum absolute atomic E-state index is 13.1. The van der Waals surface area contributed by atoms with Crippen LogP contribution >= 0.6 is 11.6 Å². The van der Waals surface area contributed by atoms with Crippen molar-refractivity contribution in [2.75, 3.05) is 0 Å². The molecule has 144 valence electrons. The van der Waals surface area contributed by atoms with Crippen molar-refractivity contribution in [2.24, 2.45) is 7.05 Å². The van der Waals surface area contributed by atoms with Crippen LogP contribution in [0.1, 0.15) is 62.4 Å². The Bertz CT molecular complexity index is 1050. The molecule has 0 bridgehead atoms. The van der Waals surface area contributed by atoms with E-state index in [0.717, 1.165) is 24.1 Å². The van der Waals surface area contributed by atoms with Crippen molar-refractivity contribution in [3.8, 4) is 0 Å². The van der Waals surface area contributed by atoms with Gasteiger partial charge < -0.3 is 14.9 Å². The van der Waals surface area contributed by atoms with E-state index in [1.165, 1.54) is 0 Å². The average Bonchev–Trinajstić information content (AvgIpc) is 3.24. The first kappa shape index (κ1) is 18.5. The molecule has 1 aromatic carbocycles. The van der Waals surface area contributed by atoms with Crippen LogP contribution in [0.25, 0.3) is 0 Å². The molecule has 0 saturated carbocycles. The first-order valence-corrected chi connectivity index (χ1v) is 9.61. The number of halogens is 1. The topological polar surface area (TPSA) is 79.8 Å². The molecule has 0 saturated heterocycles. The SMILES string of the molecule is Cc1c(C(=O)NC(c2ccc(Cl)cc2)c2nccn2C)[nH]c2c1C(=O)CCC2. The van der Waals surface area contributed by atoms with Crippen LogP contribution in [0.5, 0.6) is 0 Å². The molecule has 2 aromatic heterocycles. The number of hydrogen-bond acceptors (Lipinski definition) is 3. The van der Waals surface area contributed by atoms with Gasteiger partial charge in [0.25, 0.3) is 5.91 Å². The minimum Gasteiger partial charge on any atom is -0.354 e. The molecule has 3 aromatic rings. The summed E-state index contributed by atoms with van der Waals surface area (Å²) in [5, 5.41) is 3.69. The van der Waals surface area contributed by atoms with E-state index in [9.17, 15) is 9.59 Å². The number of Topliss-reactive ketones (excluding diaryl/α,β-unsaturated/α-hetero) is 1. The lowest BCUT2D eigenvalue weighted by molar-refractivity contribution is 0.0935. The highest BCUT2D eigenvalue weighted by Crippen LogP contribution is 2.28. The van der Waals surface area contributed by atoms with Gasteiger partial charge >= 0.3 is 0 Å². The molecule has 4 rings (SSSR count). The first-order valence-electron chi connectivity index (χ1n) is 9.24. The van der Waals surface area contributed by atoms with Crippen LogP contribution < -0.4 is 5.32 Å². The molecular formula is C21H21ClN4O2. The van der Waals surface area contributed by atoms with Gasteiger partial charge in [-0.15, -0.1) is 0 Å². The Kier molecular flexibility index (Phi) is 4.81. The van der Waals surface area contributed by atoms with Gasteiger partial charge in [-0.2, -0.15) is 0 Å². The number of H-pyrrole nitrogens is 1. The standard InChI is InChI=1S/C21H21ClN4O2/c1-12-17-15(4-3-5-16(17)27)24-18(12)21(28)25-19(20-23-10-11-26(20)2)13-6-8-14(22)9-7-13/h6-11,19,24H,3-5H2,1-2H3,(H,25,28). The van der Waals surface area contributed by atoms with E-state index in [-0.39, 0.29) is 11.7 Å². The van der Waals surface area contributed by atoms with Crippen molar-refractivity contribution in [3.63, 3.8) is 0 Å². The lowest BCUT2D eigenvalue weighted by Crippen LogP contribution is -2.31. The summed E-state index contributed by atoms with van der Waals surface area (Å²) < 4.78 is 1.87. The molecule has 1 amide bonds. The van der Waals surface area contributed by atoms with Gasteiger partial charge in [-0.25, -0.2) is 4.98 Å². The number of aromatic nitrogens is 3. The third kappa shape index (κ3) is 3.24. The molecule has 1 aliphatic rings. The number of nitrogens with zero attached hydrogens (tertiary/aromatic N) is 2. The summed E-state index contributed by atoms with van der Waals surface area (Å²) in [6.45, 7) is 1.82. The summed E-state index contributed by atoms with van der Waals surface area (Å²) in [5.41, 5.74) is 3.56. The summed E-state index contributed by atoms with van der Waals surface area (Å²) in [7, 11) is 1.88. The quantitative estimate of drug-likeness (QED) is 0.704. The number of imidazole rings is 1. The van der Waals surface area contributed by atoms with Crippen molar-refractivity contribution in [1.29, 1.82) is 0 Å². The van der Waals surface area contributed by atoms with Crippen LogP contribution in [0, 0.1) is 6.92 Å². The third-order valence-electron chi connectivity index (χ3n) is 5.26. The molecule has 1 aliphatic carbocycles. The van der Waals surface area contributed by atoms with Crippen molar-refractivity contribution in [1.82, 2.24) is 19.9 Å². The van der Waals surface area contributed by atoms with Crippen LogP contribution in [0.15, 0.2) is 36.7 Å². The molecule has 7 heteroatoms. The van der Waals surface area contributed by atoms with E-state index in [2.05, 4.69) is 15.3 Å². The zero-order valence-electron chi connectivity index (χ0n) is 15.8. The Hall–Kier alpha value is -2.86. The third-order valence-corrected chi connectivity index (χ3v) is 5.51. The van der Waals surface area contributed by atoms with E-state index in [1.54, 1.807) is 18.3 Å². The summed E-state index contributed by atoms with van der Waals surface area (Å²) in [6.07, 6.45) is 5.67. The summed E-state index contributed by atoms with van der Waals surface area (Å²) >= 11 is 6.02. The lowest BCUT2D eigenvalue weighted by atomic mass is 9.93. The number of nitrogens with one attached hydrogen (secondary N) is 2. The van der Waals surface area contributed by atoms with Crippen molar-refractivity contribution < 1.29 is 9.59 Å². The molecule has 0 radical (unpaired) electrons. The number of carbonyl (C=O) groups is 2. The van der Waals surface area contributed by atoms with Crippen LogP contribution in [-0.2, 0) is 13.5 Å². The normalized spacial score (nSPS) is 14.6. The van der Waals surface area contributed by atoms with Gasteiger partial charge in [0, 0.05) is 42.1 Å². The second kappa shape index (κ2) is 7.28. The van der Waals surface area contributed by atoms with Gasteiger partial charge in [-0.3, -0.25) is 9.59 Å². The minimum absolute atomic E-state index is 0.104. The molecule has 1 atom stereocenters. The molecule has 0 spiro atoms. The number of aromatic amines is 1. The second-order valence-corrected chi connectivity index (χ2v) is 7.55. The Morgan fingerprint density at radius 2 is 2.04 bits per heavy atom. The number of aryl methyl sites for hydroxylation is 2. The predicted molar refractivity (Wildman–Crippen MR) is 107 cm³/mol. The number of fused-ring (bicyclic) bond motifs is 1. The molecule has 0 fully saturated rings. The maximum Gasteiger partial charge on any atom is 0.268 e. The van der Waals surface area contributed by atoms with Gasteiger partial charge in [0.1, 0.15) is 17.6 Å². The molecule has 6 nitrogen and oxygen atoms in total. The molecule has 0 aliphatic heterocycles. The van der Waals surface area contributed by atoms with Crippen molar-refractivity contribution >= 4 is 23.3 Å². The summed E-state index contributed by atoms with van der Waals surface area (Å²) in [4.78, 5) is 33.0. The molecule has 1 unspecified atom stereocenters. The van der Waals surface area contributed by atoms with E-state index < -0.39 is 6.04 Å². The maximum atomic E-state index is 13.1. The largest absolute Gasteiger partial charge is 0.354 e. The zero-order valence-corrected chi connectivity index (χ0v) is 16.5. The van der Waals surface area contributed by atoms with Crippen LogP contribution in [0.2, 0.25) is 5.02 Å². The predicted octanol–water partition coefficient (Wildman–Crippen LogP) is 3.75. The van der Waals surface area contributed by atoms with E-state index in [4.69, 9.17) is 11.6 Å². The molecule has 2 heterocycles. The molecular weight excluding hydrogens is 376 g/mol. The monoisotopic (exact) mass is 396 g/mol. The highest BCUT2D eigenvalue weighted by Gasteiger charge is 2.28. The van der Waals surface area contributed by atoms with Gasteiger partial charge in [0.2, 0.25) is 0 Å². The zero-order chi connectivity index (χ0) is 19.8. The van der Waals surface area contributed by atoms with Gasteiger partial charge in [-0.05, 0) is 43.0 Å². The van der Waals surface area contributed by atoms with Gasteiger partial charge in [-0.1, -0.05) is 23.7 Å². The number of ketones is 1. The smallest absolute Gasteiger partial charge is 0.268 e. The van der Waals surface area contributed by atoms with Gasteiger partial charge in [0.15, 0.2) is 5.78 Å². The van der Waals surface area contributed by atoms with Gasteiger partial charge in [0.05, 0.1) is 0 Å². The fourth-order valence-corrected chi connectivity index (χ4v) is 3.94. The number of benzene rings is 1. The highest BCUT2D eigenvalue weighted by atomic mass is 35.5. The van der Waals surface area contributed by atoms with E-state index in [1.807, 2.05) is 36.9 Å². The Morgan fingerprint density at radius 3 is 2.68 bits per heavy atom. The summed E-state index contributed by atoms with van der Waals surface area (Å²) in [6, 6.07) is 6.88. The number of carbonyl (C=O) groups excluding carboxylic acids is 2. The van der Waals surface area contributed by atoms with Crippen molar-refractivity contribution in [3.05, 3.63) is 75.6 Å². The molecule has 2 N–H and O–H groups in total. The second-order valence-electron chi connectivity index (χ2n) is 7.11. The highest BCUT2D eigenvalue weighted by molar-refractivity contribution is 6.30. The molecule has 28 heavy (non-hydrogen) atoms.